The van der Waals surface area contributed by atoms with Gasteiger partial charge in [0.1, 0.15) is 6.26 Å². The zero-order valence-electron chi connectivity index (χ0n) is 15.8. The van der Waals surface area contributed by atoms with Crippen molar-refractivity contribution in [1.29, 1.82) is 0 Å². The van der Waals surface area contributed by atoms with Gasteiger partial charge in [0.15, 0.2) is 5.69 Å². The fraction of sp³-hybridized carbons (Fsp3) is 0.273. The summed E-state index contributed by atoms with van der Waals surface area (Å²) in [6, 6.07) is 16.5. The third kappa shape index (κ3) is 5.00. The van der Waals surface area contributed by atoms with Crippen molar-refractivity contribution in [3.05, 3.63) is 88.6 Å². The van der Waals surface area contributed by atoms with Crippen LogP contribution in [0.3, 0.4) is 0 Å². The molecule has 0 aliphatic heterocycles. The highest BCUT2D eigenvalue weighted by Crippen LogP contribution is 2.24. The molecule has 0 aliphatic carbocycles. The third-order valence-electron chi connectivity index (χ3n) is 4.55. The highest BCUT2D eigenvalue weighted by Gasteiger charge is 2.21. The van der Waals surface area contributed by atoms with Crippen molar-refractivity contribution in [2.24, 2.45) is 5.73 Å². The van der Waals surface area contributed by atoms with Crippen LogP contribution in [-0.4, -0.2) is 10.9 Å². The van der Waals surface area contributed by atoms with E-state index in [1.54, 1.807) is 12.1 Å². The number of hydrogen-bond donors (Lipinski definition) is 2. The van der Waals surface area contributed by atoms with E-state index in [2.05, 4.69) is 17.2 Å². The summed E-state index contributed by atoms with van der Waals surface area (Å²) in [4.78, 5) is 17.1. The number of rotatable bonds is 8. The summed E-state index contributed by atoms with van der Waals surface area (Å²) in [5, 5.41) is 3.68. The predicted octanol–water partition coefficient (Wildman–Crippen LogP) is 5.04. The third-order valence-corrected chi connectivity index (χ3v) is 4.80. The number of aromatic nitrogens is 1. The van der Waals surface area contributed by atoms with Crippen LogP contribution in [0.5, 0.6) is 0 Å². The number of nitrogens with one attached hydrogen (secondary N) is 1. The lowest BCUT2D eigenvalue weighted by molar-refractivity contribution is 0.0938. The molecule has 0 fully saturated rings. The van der Waals surface area contributed by atoms with Crippen molar-refractivity contribution in [2.75, 3.05) is 0 Å². The fourth-order valence-electron chi connectivity index (χ4n) is 2.97. The summed E-state index contributed by atoms with van der Waals surface area (Å²) in [6.45, 7) is 2.10. The summed E-state index contributed by atoms with van der Waals surface area (Å²) in [6.07, 6.45) is 4.16. The zero-order valence-corrected chi connectivity index (χ0v) is 16.5. The van der Waals surface area contributed by atoms with Gasteiger partial charge in [0.2, 0.25) is 5.89 Å². The maximum atomic E-state index is 12.8. The molecule has 0 radical (unpaired) electrons. The minimum absolute atomic E-state index is 0.219. The van der Waals surface area contributed by atoms with Gasteiger partial charge in [-0.1, -0.05) is 73.8 Å². The van der Waals surface area contributed by atoms with Gasteiger partial charge in [0, 0.05) is 5.02 Å². The standard InChI is InChI=1S/C22H24ClN3O2/c1-2-3-9-18(24)22-25-19(14-28-22)21(27)26-20(15-7-5-4-6-8-15)16-10-12-17(23)13-11-16/h4-8,10-14,18,20H,2-3,9,24H2,1H3,(H,26,27). The van der Waals surface area contributed by atoms with Gasteiger partial charge in [-0.2, -0.15) is 0 Å². The molecule has 2 aromatic carbocycles. The Hall–Kier alpha value is -2.63. The van der Waals surface area contributed by atoms with Crippen LogP contribution < -0.4 is 11.1 Å². The number of amides is 1. The average Bonchev–Trinajstić information content (AvgIpc) is 3.22. The first-order valence-electron chi connectivity index (χ1n) is 9.40. The molecule has 3 aromatic rings. The summed E-state index contributed by atoms with van der Waals surface area (Å²) >= 11 is 6.01. The maximum absolute atomic E-state index is 12.8. The van der Waals surface area contributed by atoms with Gasteiger partial charge in [0.05, 0.1) is 12.1 Å². The quantitative estimate of drug-likeness (QED) is 0.558. The van der Waals surface area contributed by atoms with Crippen LogP contribution >= 0.6 is 11.6 Å². The van der Waals surface area contributed by atoms with Crippen molar-refractivity contribution in [1.82, 2.24) is 10.3 Å². The largest absolute Gasteiger partial charge is 0.446 e. The molecule has 6 heteroatoms. The summed E-state index contributed by atoms with van der Waals surface area (Å²) < 4.78 is 5.44. The Labute approximate surface area is 169 Å². The van der Waals surface area contributed by atoms with E-state index >= 15 is 0 Å². The topological polar surface area (TPSA) is 81.1 Å². The Kier molecular flexibility index (Phi) is 6.85. The molecule has 3 rings (SSSR count). The van der Waals surface area contributed by atoms with E-state index in [9.17, 15) is 4.79 Å². The molecule has 0 saturated heterocycles. The molecule has 1 heterocycles. The minimum atomic E-state index is -0.333. The fourth-order valence-corrected chi connectivity index (χ4v) is 3.10. The summed E-state index contributed by atoms with van der Waals surface area (Å²) in [5.41, 5.74) is 8.19. The molecule has 5 nitrogen and oxygen atoms in total. The van der Waals surface area contributed by atoms with E-state index in [4.69, 9.17) is 21.8 Å². The predicted molar refractivity (Wildman–Crippen MR) is 110 cm³/mol. The molecule has 28 heavy (non-hydrogen) atoms. The van der Waals surface area contributed by atoms with Gasteiger partial charge < -0.3 is 15.5 Å². The Balaban J connectivity index is 1.80. The van der Waals surface area contributed by atoms with E-state index in [1.165, 1.54) is 6.26 Å². The van der Waals surface area contributed by atoms with Crippen LogP contribution in [0, 0.1) is 0 Å². The van der Waals surface area contributed by atoms with Crippen molar-refractivity contribution in [3.63, 3.8) is 0 Å². The Morgan fingerprint density at radius 1 is 1.14 bits per heavy atom. The van der Waals surface area contributed by atoms with E-state index < -0.39 is 0 Å². The second-order valence-corrected chi connectivity index (χ2v) is 7.12. The van der Waals surface area contributed by atoms with E-state index in [-0.39, 0.29) is 23.7 Å². The first kappa shape index (κ1) is 20.1. The molecule has 0 aliphatic rings. The molecular weight excluding hydrogens is 374 g/mol. The average molecular weight is 398 g/mol. The van der Waals surface area contributed by atoms with Crippen LogP contribution in [-0.2, 0) is 0 Å². The number of nitrogens with zero attached hydrogens (tertiary/aromatic N) is 1. The molecule has 0 spiro atoms. The van der Waals surface area contributed by atoms with Crippen LogP contribution in [0.4, 0.5) is 0 Å². The highest BCUT2D eigenvalue weighted by molar-refractivity contribution is 6.30. The second kappa shape index (κ2) is 9.53. The minimum Gasteiger partial charge on any atom is -0.446 e. The van der Waals surface area contributed by atoms with Gasteiger partial charge in [-0.25, -0.2) is 4.98 Å². The smallest absolute Gasteiger partial charge is 0.273 e. The van der Waals surface area contributed by atoms with Gasteiger partial charge in [-0.05, 0) is 29.7 Å². The van der Waals surface area contributed by atoms with Crippen LogP contribution in [0.25, 0.3) is 0 Å². The Morgan fingerprint density at radius 2 is 1.82 bits per heavy atom. The van der Waals surface area contributed by atoms with Crippen molar-refractivity contribution >= 4 is 17.5 Å². The Morgan fingerprint density at radius 3 is 2.50 bits per heavy atom. The van der Waals surface area contributed by atoms with Crippen molar-refractivity contribution in [2.45, 2.75) is 38.3 Å². The highest BCUT2D eigenvalue weighted by atomic mass is 35.5. The molecule has 146 valence electrons. The normalized spacial score (nSPS) is 13.1. The van der Waals surface area contributed by atoms with E-state index in [0.29, 0.717) is 10.9 Å². The molecule has 0 bridgehead atoms. The molecule has 3 N–H and O–H groups in total. The lowest BCUT2D eigenvalue weighted by Gasteiger charge is -2.19. The number of nitrogens with two attached hydrogens (primary N) is 1. The second-order valence-electron chi connectivity index (χ2n) is 6.69. The van der Waals surface area contributed by atoms with Crippen LogP contribution in [0.15, 0.2) is 65.3 Å². The van der Waals surface area contributed by atoms with Gasteiger partial charge in [-0.3, -0.25) is 4.79 Å². The van der Waals surface area contributed by atoms with Gasteiger partial charge in [0.25, 0.3) is 5.91 Å². The van der Waals surface area contributed by atoms with Gasteiger partial charge in [-0.15, -0.1) is 0 Å². The monoisotopic (exact) mass is 397 g/mol. The molecular formula is C22H24ClN3O2. The van der Waals surface area contributed by atoms with Crippen molar-refractivity contribution < 1.29 is 9.21 Å². The van der Waals surface area contributed by atoms with E-state index in [1.807, 2.05) is 42.5 Å². The number of carbonyl (C=O) groups excluding carboxylic acids is 1. The molecule has 2 atom stereocenters. The van der Waals surface area contributed by atoms with Gasteiger partial charge >= 0.3 is 0 Å². The molecule has 0 saturated carbocycles. The van der Waals surface area contributed by atoms with Crippen LogP contribution in [0.2, 0.25) is 5.02 Å². The number of benzene rings is 2. The number of halogens is 1. The maximum Gasteiger partial charge on any atom is 0.273 e. The first-order valence-corrected chi connectivity index (χ1v) is 9.78. The Bertz CT molecular complexity index is 894. The van der Waals surface area contributed by atoms with Crippen molar-refractivity contribution in [3.8, 4) is 0 Å². The number of hydrogen-bond acceptors (Lipinski definition) is 4. The lowest BCUT2D eigenvalue weighted by Crippen LogP contribution is -2.29. The number of oxazole rings is 1. The summed E-state index contributed by atoms with van der Waals surface area (Å²) in [7, 11) is 0. The molecule has 2 unspecified atom stereocenters. The molecule has 1 aromatic heterocycles. The van der Waals surface area contributed by atoms with Crippen LogP contribution in [0.1, 0.15) is 65.8 Å². The number of unbranched alkanes of at least 4 members (excludes halogenated alkanes) is 1. The SMILES string of the molecule is CCCCC(N)c1nc(C(=O)NC(c2ccccc2)c2ccc(Cl)cc2)co1. The number of carbonyl (C=O) groups is 1. The molecule has 1 amide bonds. The van der Waals surface area contributed by atoms with E-state index in [0.717, 1.165) is 30.4 Å². The first-order chi connectivity index (χ1) is 13.6. The summed E-state index contributed by atoms with van der Waals surface area (Å²) in [5.74, 6) is 0.0721. The zero-order chi connectivity index (χ0) is 19.9. The lowest BCUT2D eigenvalue weighted by atomic mass is 9.98.